The minimum atomic E-state index is 0. The monoisotopic (exact) mass is 454 g/mol. The van der Waals surface area contributed by atoms with Crippen molar-refractivity contribution in [1.82, 2.24) is 25.4 Å². The van der Waals surface area contributed by atoms with E-state index in [1.54, 1.807) is 0 Å². The van der Waals surface area contributed by atoms with Gasteiger partial charge in [-0.15, -0.1) is 34.2 Å². The Balaban J connectivity index is 0.00000264. The van der Waals surface area contributed by atoms with Crippen molar-refractivity contribution < 1.29 is 4.74 Å². The standard InChI is InChI=1S/C14H26N6OS.HI/c1-11-18-19-13(20(11)2)9-16-14(15-6-4-8-22-3)17-12-5-7-21-10-12;/h12H,4-10H2,1-3H3,(H2,15,16,17);1H. The minimum absolute atomic E-state index is 0. The summed E-state index contributed by atoms with van der Waals surface area (Å²) >= 11 is 1.86. The summed E-state index contributed by atoms with van der Waals surface area (Å²) in [7, 11) is 1.96. The Morgan fingerprint density at radius 2 is 2.30 bits per heavy atom. The number of aryl methyl sites for hydroxylation is 1. The highest BCUT2D eigenvalue weighted by atomic mass is 127. The minimum Gasteiger partial charge on any atom is -0.379 e. The van der Waals surface area contributed by atoms with Crippen LogP contribution < -0.4 is 10.6 Å². The summed E-state index contributed by atoms with van der Waals surface area (Å²) in [6.07, 6.45) is 4.26. The van der Waals surface area contributed by atoms with Crippen LogP contribution in [0.15, 0.2) is 4.99 Å². The van der Waals surface area contributed by atoms with Crippen LogP contribution in [0.5, 0.6) is 0 Å². The molecule has 0 radical (unpaired) electrons. The fraction of sp³-hybridized carbons (Fsp3) is 0.786. The Morgan fingerprint density at radius 3 is 2.91 bits per heavy atom. The van der Waals surface area contributed by atoms with Gasteiger partial charge in [0.1, 0.15) is 12.4 Å². The number of aromatic nitrogens is 3. The van der Waals surface area contributed by atoms with E-state index < -0.39 is 0 Å². The third-order valence-corrected chi connectivity index (χ3v) is 4.35. The number of rotatable bonds is 7. The Hall–Kier alpha value is -0.550. The van der Waals surface area contributed by atoms with Crippen molar-refractivity contribution in [2.75, 3.05) is 31.8 Å². The molecule has 132 valence electrons. The Bertz CT molecular complexity index is 490. The number of hydrogen-bond donors (Lipinski definition) is 2. The molecule has 0 bridgehead atoms. The van der Waals surface area contributed by atoms with Gasteiger partial charge < -0.3 is 19.9 Å². The van der Waals surface area contributed by atoms with E-state index in [4.69, 9.17) is 4.74 Å². The molecule has 1 unspecified atom stereocenters. The number of thioether (sulfide) groups is 1. The van der Waals surface area contributed by atoms with Crippen molar-refractivity contribution in [2.24, 2.45) is 12.0 Å². The molecule has 0 saturated carbocycles. The quantitative estimate of drug-likeness (QED) is 0.280. The van der Waals surface area contributed by atoms with Crippen LogP contribution in [0.4, 0.5) is 0 Å². The third-order valence-electron chi connectivity index (χ3n) is 3.65. The van der Waals surface area contributed by atoms with E-state index in [9.17, 15) is 0 Å². The second kappa shape index (κ2) is 11.1. The van der Waals surface area contributed by atoms with Gasteiger partial charge in [0.15, 0.2) is 11.8 Å². The normalized spacial score (nSPS) is 17.9. The van der Waals surface area contributed by atoms with Crippen LogP contribution in [0, 0.1) is 6.92 Å². The van der Waals surface area contributed by atoms with Gasteiger partial charge in [0.05, 0.1) is 12.6 Å². The van der Waals surface area contributed by atoms with Crippen LogP contribution in [0.1, 0.15) is 24.5 Å². The maximum absolute atomic E-state index is 5.41. The molecule has 1 aliphatic rings. The number of hydrogen-bond acceptors (Lipinski definition) is 5. The van der Waals surface area contributed by atoms with Gasteiger partial charge in [0, 0.05) is 20.2 Å². The van der Waals surface area contributed by atoms with Crippen molar-refractivity contribution in [1.29, 1.82) is 0 Å². The Kier molecular flexibility index (Phi) is 9.88. The molecule has 0 spiro atoms. The molecule has 0 aliphatic carbocycles. The number of aliphatic imine (C=N–C) groups is 1. The molecule has 0 aromatic carbocycles. The number of nitrogens with one attached hydrogen (secondary N) is 2. The van der Waals surface area contributed by atoms with Crippen LogP contribution in [-0.2, 0) is 18.3 Å². The maximum Gasteiger partial charge on any atom is 0.192 e. The summed E-state index contributed by atoms with van der Waals surface area (Å²) in [4.78, 5) is 4.64. The zero-order valence-corrected chi connectivity index (χ0v) is 17.2. The van der Waals surface area contributed by atoms with E-state index in [1.807, 2.05) is 30.3 Å². The lowest BCUT2D eigenvalue weighted by atomic mass is 10.3. The molecule has 2 rings (SSSR count). The first-order chi connectivity index (χ1) is 10.7. The summed E-state index contributed by atoms with van der Waals surface area (Å²) in [5.41, 5.74) is 0. The zero-order valence-electron chi connectivity index (χ0n) is 14.0. The van der Waals surface area contributed by atoms with E-state index in [-0.39, 0.29) is 24.0 Å². The van der Waals surface area contributed by atoms with Gasteiger partial charge in [-0.05, 0) is 31.8 Å². The summed E-state index contributed by atoms with van der Waals surface area (Å²) in [6, 6.07) is 0.341. The zero-order chi connectivity index (χ0) is 15.8. The smallest absolute Gasteiger partial charge is 0.192 e. The predicted octanol–water partition coefficient (Wildman–Crippen LogP) is 1.32. The van der Waals surface area contributed by atoms with Crippen molar-refractivity contribution >= 4 is 41.7 Å². The highest BCUT2D eigenvalue weighted by molar-refractivity contribution is 14.0. The van der Waals surface area contributed by atoms with Crippen LogP contribution in [0.3, 0.4) is 0 Å². The molecule has 2 N–H and O–H groups in total. The van der Waals surface area contributed by atoms with Crippen LogP contribution in [0.2, 0.25) is 0 Å². The molecule has 1 aromatic rings. The molecule has 2 heterocycles. The average Bonchev–Trinajstić information content (AvgIpc) is 3.13. The van der Waals surface area contributed by atoms with Gasteiger partial charge in [-0.2, -0.15) is 11.8 Å². The van der Waals surface area contributed by atoms with Crippen LogP contribution in [0.25, 0.3) is 0 Å². The number of halogens is 1. The first-order valence-electron chi connectivity index (χ1n) is 7.67. The molecule has 1 aliphatic heterocycles. The topological polar surface area (TPSA) is 76.4 Å². The predicted molar refractivity (Wildman–Crippen MR) is 106 cm³/mol. The number of guanidine groups is 1. The molecular formula is C14H27IN6OS. The SMILES string of the molecule is CSCCCNC(=NCc1nnc(C)n1C)NC1CCOC1.I. The van der Waals surface area contributed by atoms with E-state index in [1.165, 1.54) is 0 Å². The fourth-order valence-corrected chi connectivity index (χ4v) is 2.59. The van der Waals surface area contributed by atoms with Crippen molar-refractivity contribution in [3.63, 3.8) is 0 Å². The summed E-state index contributed by atoms with van der Waals surface area (Å²) in [6.45, 7) is 4.94. The van der Waals surface area contributed by atoms with Crippen LogP contribution >= 0.6 is 35.7 Å². The maximum atomic E-state index is 5.41. The largest absolute Gasteiger partial charge is 0.379 e. The van der Waals surface area contributed by atoms with Gasteiger partial charge in [-0.3, -0.25) is 0 Å². The second-order valence-corrected chi connectivity index (χ2v) is 6.35. The van der Waals surface area contributed by atoms with Gasteiger partial charge in [0.2, 0.25) is 0 Å². The van der Waals surface area contributed by atoms with Gasteiger partial charge >= 0.3 is 0 Å². The highest BCUT2D eigenvalue weighted by Gasteiger charge is 2.16. The lowest BCUT2D eigenvalue weighted by molar-refractivity contribution is 0.192. The fourth-order valence-electron chi connectivity index (χ4n) is 2.16. The van der Waals surface area contributed by atoms with E-state index in [0.717, 1.165) is 56.0 Å². The average molecular weight is 454 g/mol. The van der Waals surface area contributed by atoms with E-state index in [2.05, 4.69) is 32.1 Å². The molecule has 7 nitrogen and oxygen atoms in total. The number of nitrogens with zero attached hydrogens (tertiary/aromatic N) is 4. The second-order valence-electron chi connectivity index (χ2n) is 5.37. The third kappa shape index (κ3) is 6.84. The van der Waals surface area contributed by atoms with Crippen LogP contribution in [-0.4, -0.2) is 58.5 Å². The summed E-state index contributed by atoms with van der Waals surface area (Å²) < 4.78 is 7.38. The molecular weight excluding hydrogens is 427 g/mol. The molecule has 23 heavy (non-hydrogen) atoms. The molecule has 1 aromatic heterocycles. The summed E-state index contributed by atoms with van der Waals surface area (Å²) in [5.74, 6) is 3.74. The lowest BCUT2D eigenvalue weighted by Crippen LogP contribution is -2.44. The molecule has 0 amide bonds. The van der Waals surface area contributed by atoms with E-state index >= 15 is 0 Å². The van der Waals surface area contributed by atoms with Gasteiger partial charge in [-0.1, -0.05) is 0 Å². The molecule has 9 heteroatoms. The lowest BCUT2D eigenvalue weighted by Gasteiger charge is -2.16. The first kappa shape index (κ1) is 20.5. The highest BCUT2D eigenvalue weighted by Crippen LogP contribution is 2.04. The molecule has 1 saturated heterocycles. The van der Waals surface area contributed by atoms with Crippen molar-refractivity contribution in [3.05, 3.63) is 11.6 Å². The van der Waals surface area contributed by atoms with Gasteiger partial charge in [-0.25, -0.2) is 4.99 Å². The molecule has 1 atom stereocenters. The Labute approximate surface area is 159 Å². The number of ether oxygens (including phenoxy) is 1. The van der Waals surface area contributed by atoms with E-state index in [0.29, 0.717) is 12.6 Å². The first-order valence-corrected chi connectivity index (χ1v) is 9.06. The van der Waals surface area contributed by atoms with Gasteiger partial charge in [0.25, 0.3) is 0 Å². The van der Waals surface area contributed by atoms with Crippen molar-refractivity contribution in [2.45, 2.75) is 32.4 Å². The Morgan fingerprint density at radius 1 is 1.48 bits per heavy atom. The summed E-state index contributed by atoms with van der Waals surface area (Å²) in [5, 5.41) is 15.0. The molecule has 1 fully saturated rings. The van der Waals surface area contributed by atoms with Crippen molar-refractivity contribution in [3.8, 4) is 0 Å².